The van der Waals surface area contributed by atoms with Gasteiger partial charge in [0.2, 0.25) is 0 Å². The maximum absolute atomic E-state index is 14.0. The number of anilines is 1. The van der Waals surface area contributed by atoms with Crippen molar-refractivity contribution in [3.8, 4) is 0 Å². The first-order valence-corrected chi connectivity index (χ1v) is 8.03. The molecule has 0 bridgehead atoms. The number of halogens is 1. The van der Waals surface area contributed by atoms with E-state index < -0.39 is 21.8 Å². The van der Waals surface area contributed by atoms with E-state index in [1.54, 1.807) is 31.0 Å². The largest absolute Gasteiger partial charge is 0.389 e. The highest BCUT2D eigenvalue weighted by molar-refractivity contribution is 7.91. The van der Waals surface area contributed by atoms with Crippen LogP contribution >= 0.6 is 0 Å². The maximum Gasteiger partial charge on any atom is 0.152 e. The number of sulfone groups is 1. The van der Waals surface area contributed by atoms with Crippen molar-refractivity contribution in [2.45, 2.75) is 25.5 Å². The van der Waals surface area contributed by atoms with Gasteiger partial charge in [-0.3, -0.25) is 0 Å². The molecule has 106 valence electrons. The first kappa shape index (κ1) is 14.3. The first-order valence-electron chi connectivity index (χ1n) is 6.21. The van der Waals surface area contributed by atoms with E-state index in [2.05, 4.69) is 0 Å². The van der Waals surface area contributed by atoms with Crippen LogP contribution in [0.25, 0.3) is 0 Å². The van der Waals surface area contributed by atoms with Gasteiger partial charge in [0.1, 0.15) is 5.82 Å². The van der Waals surface area contributed by atoms with E-state index in [0.29, 0.717) is 17.7 Å². The Bertz CT molecular complexity index is 571. The van der Waals surface area contributed by atoms with E-state index in [9.17, 15) is 17.9 Å². The number of hydrogen-bond acceptors (Lipinski definition) is 4. The summed E-state index contributed by atoms with van der Waals surface area (Å²) in [6.45, 7) is 1.57. The highest BCUT2D eigenvalue weighted by Gasteiger charge is 2.31. The van der Waals surface area contributed by atoms with Crippen molar-refractivity contribution in [3.05, 3.63) is 29.6 Å². The SMILES string of the molecule is C[C@H](O)c1ccc(N(C)C2CCS(=O)(=O)C2)c(F)c1. The summed E-state index contributed by atoms with van der Waals surface area (Å²) >= 11 is 0. The fourth-order valence-corrected chi connectivity index (χ4v) is 4.12. The maximum atomic E-state index is 14.0. The zero-order valence-corrected chi connectivity index (χ0v) is 11.8. The Labute approximate surface area is 112 Å². The Balaban J connectivity index is 2.23. The molecule has 1 aliphatic heterocycles. The standard InChI is InChI=1S/C13H18FNO3S/c1-9(16)10-3-4-13(12(14)7-10)15(2)11-5-6-19(17,18)8-11/h3-4,7,9,11,16H,5-6,8H2,1-2H3/t9-,11?/m0/s1. The summed E-state index contributed by atoms with van der Waals surface area (Å²) in [4.78, 5) is 1.67. The molecule has 4 nitrogen and oxygen atoms in total. The molecular formula is C13H18FNO3S. The second-order valence-electron chi connectivity index (χ2n) is 5.05. The van der Waals surface area contributed by atoms with Crippen LogP contribution in [-0.4, -0.2) is 38.1 Å². The van der Waals surface area contributed by atoms with Crippen molar-refractivity contribution in [2.24, 2.45) is 0 Å². The smallest absolute Gasteiger partial charge is 0.152 e. The third-order valence-corrected chi connectivity index (χ3v) is 5.34. The number of aliphatic hydroxyl groups is 1. The molecule has 1 aliphatic rings. The third-order valence-electron chi connectivity index (χ3n) is 3.59. The zero-order valence-electron chi connectivity index (χ0n) is 11.0. The van der Waals surface area contributed by atoms with Crippen LogP contribution in [0.4, 0.5) is 10.1 Å². The molecule has 0 aliphatic carbocycles. The highest BCUT2D eigenvalue weighted by Crippen LogP contribution is 2.27. The fourth-order valence-electron chi connectivity index (χ4n) is 2.35. The minimum atomic E-state index is -2.99. The average molecular weight is 287 g/mol. The molecule has 19 heavy (non-hydrogen) atoms. The lowest BCUT2D eigenvalue weighted by atomic mass is 10.1. The van der Waals surface area contributed by atoms with Crippen molar-refractivity contribution in [2.75, 3.05) is 23.5 Å². The molecule has 0 amide bonds. The van der Waals surface area contributed by atoms with E-state index >= 15 is 0 Å². The Morgan fingerprint density at radius 2 is 2.16 bits per heavy atom. The molecule has 0 spiro atoms. The molecule has 1 saturated heterocycles. The first-order chi connectivity index (χ1) is 8.80. The van der Waals surface area contributed by atoms with Crippen LogP contribution in [0.3, 0.4) is 0 Å². The number of benzene rings is 1. The average Bonchev–Trinajstić information content (AvgIpc) is 2.68. The van der Waals surface area contributed by atoms with E-state index in [0.717, 1.165) is 0 Å². The van der Waals surface area contributed by atoms with Gasteiger partial charge >= 0.3 is 0 Å². The predicted octanol–water partition coefficient (Wildman–Crippen LogP) is 1.50. The van der Waals surface area contributed by atoms with Crippen molar-refractivity contribution in [1.82, 2.24) is 0 Å². The van der Waals surface area contributed by atoms with Crippen LogP contribution in [0.1, 0.15) is 25.0 Å². The van der Waals surface area contributed by atoms with E-state index in [1.807, 2.05) is 0 Å². The lowest BCUT2D eigenvalue weighted by molar-refractivity contribution is 0.199. The molecular weight excluding hydrogens is 269 g/mol. The Hall–Kier alpha value is -1.14. The minimum Gasteiger partial charge on any atom is -0.389 e. The van der Waals surface area contributed by atoms with Crippen LogP contribution in [0, 0.1) is 5.82 Å². The van der Waals surface area contributed by atoms with E-state index in [1.165, 1.54) is 6.07 Å². The molecule has 2 atom stereocenters. The Kier molecular flexibility index (Phi) is 3.82. The van der Waals surface area contributed by atoms with Crippen LogP contribution in [-0.2, 0) is 9.84 Å². The molecule has 6 heteroatoms. The summed E-state index contributed by atoms with van der Waals surface area (Å²) < 4.78 is 36.9. The second kappa shape index (κ2) is 5.09. The topological polar surface area (TPSA) is 57.6 Å². The van der Waals surface area contributed by atoms with Gasteiger partial charge in [0.05, 0.1) is 23.3 Å². The molecule has 1 fully saturated rings. The van der Waals surface area contributed by atoms with E-state index in [4.69, 9.17) is 0 Å². The molecule has 1 aromatic carbocycles. The molecule has 2 rings (SSSR count). The second-order valence-corrected chi connectivity index (χ2v) is 7.28. The number of hydrogen-bond donors (Lipinski definition) is 1. The van der Waals surface area contributed by atoms with E-state index in [-0.39, 0.29) is 17.5 Å². The molecule has 1 N–H and O–H groups in total. The van der Waals surface area contributed by atoms with Gasteiger partial charge in [0, 0.05) is 13.1 Å². The summed E-state index contributed by atoms with van der Waals surface area (Å²) in [7, 11) is -1.29. The van der Waals surface area contributed by atoms with Crippen molar-refractivity contribution < 1.29 is 17.9 Å². The number of nitrogens with zero attached hydrogens (tertiary/aromatic N) is 1. The summed E-state index contributed by atoms with van der Waals surface area (Å²) in [6.07, 6.45) is -0.197. The molecule has 1 unspecified atom stereocenters. The van der Waals surface area contributed by atoms with Crippen molar-refractivity contribution in [1.29, 1.82) is 0 Å². The van der Waals surface area contributed by atoms with Gasteiger partial charge < -0.3 is 10.0 Å². The van der Waals surface area contributed by atoms with Gasteiger partial charge in [-0.25, -0.2) is 12.8 Å². The van der Waals surface area contributed by atoms with Gasteiger partial charge in [-0.15, -0.1) is 0 Å². The lowest BCUT2D eigenvalue weighted by Gasteiger charge is -2.26. The van der Waals surface area contributed by atoms with Gasteiger partial charge in [0.15, 0.2) is 9.84 Å². The van der Waals surface area contributed by atoms with Gasteiger partial charge in [-0.05, 0) is 31.0 Å². The monoisotopic (exact) mass is 287 g/mol. The van der Waals surface area contributed by atoms with Crippen molar-refractivity contribution >= 4 is 15.5 Å². The van der Waals surface area contributed by atoms with Crippen LogP contribution in [0.15, 0.2) is 18.2 Å². The van der Waals surface area contributed by atoms with Gasteiger partial charge in [-0.1, -0.05) is 6.07 Å². The third kappa shape index (κ3) is 3.06. The van der Waals surface area contributed by atoms with Crippen LogP contribution in [0.2, 0.25) is 0 Å². The number of aliphatic hydroxyl groups excluding tert-OH is 1. The zero-order chi connectivity index (χ0) is 14.2. The Morgan fingerprint density at radius 3 is 2.63 bits per heavy atom. The normalized spacial score (nSPS) is 23.3. The molecule has 0 saturated carbocycles. The Morgan fingerprint density at radius 1 is 1.47 bits per heavy atom. The summed E-state index contributed by atoms with van der Waals surface area (Å²) in [5.74, 6) is -0.207. The number of rotatable bonds is 3. The predicted molar refractivity (Wildman–Crippen MR) is 72.5 cm³/mol. The van der Waals surface area contributed by atoms with Crippen LogP contribution in [0.5, 0.6) is 0 Å². The molecule has 0 aromatic heterocycles. The highest BCUT2D eigenvalue weighted by atomic mass is 32.2. The summed E-state index contributed by atoms with van der Waals surface area (Å²) in [5, 5.41) is 9.40. The lowest BCUT2D eigenvalue weighted by Crippen LogP contribution is -2.33. The fraction of sp³-hybridized carbons (Fsp3) is 0.538. The van der Waals surface area contributed by atoms with Gasteiger partial charge in [-0.2, -0.15) is 0 Å². The minimum absolute atomic E-state index is 0.0705. The quantitative estimate of drug-likeness (QED) is 0.915. The summed E-state index contributed by atoms with van der Waals surface area (Å²) in [6, 6.07) is 4.35. The van der Waals surface area contributed by atoms with Crippen molar-refractivity contribution in [3.63, 3.8) is 0 Å². The molecule has 0 radical (unpaired) electrons. The summed E-state index contributed by atoms with van der Waals surface area (Å²) in [5.41, 5.74) is 0.875. The van der Waals surface area contributed by atoms with Crippen LogP contribution < -0.4 is 4.90 Å². The molecule has 1 aromatic rings. The van der Waals surface area contributed by atoms with Gasteiger partial charge in [0.25, 0.3) is 0 Å². The molecule has 1 heterocycles.